The lowest BCUT2D eigenvalue weighted by molar-refractivity contribution is 0.0809. The minimum atomic E-state index is -1.41. The van der Waals surface area contributed by atoms with Gasteiger partial charge in [-0.05, 0) is 50.6 Å². The summed E-state index contributed by atoms with van der Waals surface area (Å²) in [5.41, 5.74) is 0. The van der Waals surface area contributed by atoms with Crippen LogP contribution >= 0.6 is 0 Å². The third-order valence-electron chi connectivity index (χ3n) is 6.50. The molecule has 110 valence electrons. The quantitative estimate of drug-likeness (QED) is 0.568. The van der Waals surface area contributed by atoms with Gasteiger partial charge in [-0.15, -0.1) is 0 Å². The smallest absolute Gasteiger partial charge is 0.174 e. The van der Waals surface area contributed by atoms with Crippen LogP contribution in [0.1, 0.15) is 32.6 Å². The summed E-state index contributed by atoms with van der Waals surface area (Å²) in [5.74, 6) is 1.59. The van der Waals surface area contributed by atoms with Gasteiger partial charge >= 0.3 is 0 Å². The van der Waals surface area contributed by atoms with Crippen molar-refractivity contribution in [1.82, 2.24) is 0 Å². The van der Waals surface area contributed by atoms with E-state index in [0.717, 1.165) is 11.8 Å². The van der Waals surface area contributed by atoms with Gasteiger partial charge in [0, 0.05) is 6.10 Å². The summed E-state index contributed by atoms with van der Waals surface area (Å²) in [5, 5.41) is 0. The SMILES string of the molecule is CC(C1CCC2OC2C1)C1CC[Si](C)(C)[Si](C)(C)O1. The van der Waals surface area contributed by atoms with Crippen LogP contribution in [0.2, 0.25) is 32.2 Å². The molecule has 2 saturated heterocycles. The Bertz CT molecular complexity index is 356. The van der Waals surface area contributed by atoms with E-state index in [2.05, 4.69) is 33.1 Å². The molecule has 5 unspecified atom stereocenters. The number of fused-ring (bicyclic) bond motifs is 1. The third kappa shape index (κ3) is 2.61. The van der Waals surface area contributed by atoms with Gasteiger partial charge in [0.25, 0.3) is 0 Å². The Balaban J connectivity index is 1.63. The lowest BCUT2D eigenvalue weighted by atomic mass is 9.78. The van der Waals surface area contributed by atoms with Crippen molar-refractivity contribution in [1.29, 1.82) is 0 Å². The van der Waals surface area contributed by atoms with Crippen LogP contribution in [-0.2, 0) is 9.16 Å². The van der Waals surface area contributed by atoms with Crippen molar-refractivity contribution in [3.05, 3.63) is 0 Å². The number of rotatable bonds is 2. The van der Waals surface area contributed by atoms with E-state index in [0.29, 0.717) is 18.3 Å². The average molecular weight is 299 g/mol. The first-order chi connectivity index (χ1) is 8.80. The highest BCUT2D eigenvalue weighted by molar-refractivity contribution is 7.38. The molecule has 0 N–H and O–H groups in total. The molecule has 3 rings (SSSR count). The van der Waals surface area contributed by atoms with Crippen LogP contribution in [0.5, 0.6) is 0 Å². The summed E-state index contributed by atoms with van der Waals surface area (Å²) in [6, 6.07) is 1.48. The highest BCUT2D eigenvalue weighted by Crippen LogP contribution is 2.45. The standard InChI is InChI=1S/C15H30O2Si2/c1-11(12-6-7-14-15(10-12)16-14)13-8-9-18(2,3)19(4,5)17-13/h11-15H,6-10H2,1-5H3. The molecule has 0 bridgehead atoms. The van der Waals surface area contributed by atoms with Crippen molar-refractivity contribution in [3.63, 3.8) is 0 Å². The molecular weight excluding hydrogens is 268 g/mol. The van der Waals surface area contributed by atoms with E-state index >= 15 is 0 Å². The molecule has 2 aliphatic heterocycles. The van der Waals surface area contributed by atoms with Gasteiger partial charge in [0.2, 0.25) is 0 Å². The highest BCUT2D eigenvalue weighted by Gasteiger charge is 2.51. The van der Waals surface area contributed by atoms with E-state index in [1.165, 1.54) is 31.7 Å². The number of ether oxygens (including phenoxy) is 1. The zero-order valence-electron chi connectivity index (χ0n) is 13.2. The summed E-state index contributed by atoms with van der Waals surface area (Å²) < 4.78 is 12.4. The first-order valence-corrected chi connectivity index (χ1v) is 15.2. The second-order valence-electron chi connectivity index (χ2n) is 8.23. The summed E-state index contributed by atoms with van der Waals surface area (Å²) in [6.07, 6.45) is 7.08. The summed E-state index contributed by atoms with van der Waals surface area (Å²) in [7, 11) is -2.47. The van der Waals surface area contributed by atoms with Gasteiger partial charge in [-0.3, -0.25) is 0 Å². The fourth-order valence-electron chi connectivity index (χ4n) is 3.99. The molecule has 1 aliphatic carbocycles. The van der Waals surface area contributed by atoms with Gasteiger partial charge in [-0.1, -0.05) is 26.1 Å². The number of hydrogen-bond donors (Lipinski definition) is 0. The topological polar surface area (TPSA) is 21.8 Å². The molecule has 3 aliphatic rings. The Morgan fingerprint density at radius 2 is 1.74 bits per heavy atom. The van der Waals surface area contributed by atoms with Crippen molar-refractivity contribution in [2.24, 2.45) is 11.8 Å². The van der Waals surface area contributed by atoms with Crippen molar-refractivity contribution in [2.75, 3.05) is 0 Å². The van der Waals surface area contributed by atoms with Crippen LogP contribution in [0.25, 0.3) is 0 Å². The summed E-state index contributed by atoms with van der Waals surface area (Å²) in [4.78, 5) is 0. The molecule has 0 aromatic carbocycles. The fraction of sp³-hybridized carbons (Fsp3) is 1.00. The van der Waals surface area contributed by atoms with Gasteiger partial charge in [-0.2, -0.15) is 0 Å². The van der Waals surface area contributed by atoms with E-state index in [9.17, 15) is 0 Å². The van der Waals surface area contributed by atoms with Crippen LogP contribution in [0.15, 0.2) is 0 Å². The van der Waals surface area contributed by atoms with Gasteiger partial charge in [0.05, 0.1) is 19.8 Å². The molecule has 4 heteroatoms. The maximum Gasteiger partial charge on any atom is 0.174 e. The van der Waals surface area contributed by atoms with Crippen molar-refractivity contribution in [2.45, 2.75) is 83.2 Å². The van der Waals surface area contributed by atoms with Crippen molar-refractivity contribution < 1.29 is 9.16 Å². The van der Waals surface area contributed by atoms with Gasteiger partial charge in [0.1, 0.15) is 0 Å². The van der Waals surface area contributed by atoms with E-state index in [1.54, 1.807) is 0 Å². The molecule has 0 aromatic rings. The summed E-state index contributed by atoms with van der Waals surface area (Å²) >= 11 is 0. The molecule has 0 radical (unpaired) electrons. The van der Waals surface area contributed by atoms with Crippen LogP contribution in [0, 0.1) is 11.8 Å². The van der Waals surface area contributed by atoms with Gasteiger partial charge in [-0.25, -0.2) is 0 Å². The highest BCUT2D eigenvalue weighted by atomic mass is 29.3. The number of epoxide rings is 1. The monoisotopic (exact) mass is 298 g/mol. The molecule has 5 atom stereocenters. The lowest BCUT2D eigenvalue weighted by Crippen LogP contribution is -2.62. The molecule has 3 fully saturated rings. The maximum atomic E-state index is 6.71. The molecule has 0 aromatic heterocycles. The first-order valence-electron chi connectivity index (χ1n) is 8.13. The summed E-state index contributed by atoms with van der Waals surface area (Å²) in [6.45, 7) is 12.5. The zero-order chi connectivity index (χ0) is 13.8. The number of hydrogen-bond acceptors (Lipinski definition) is 2. The molecule has 0 spiro atoms. The van der Waals surface area contributed by atoms with E-state index in [1.807, 2.05) is 0 Å². The van der Waals surface area contributed by atoms with E-state index in [4.69, 9.17) is 9.16 Å². The zero-order valence-corrected chi connectivity index (χ0v) is 15.2. The second kappa shape index (κ2) is 4.68. The van der Waals surface area contributed by atoms with Crippen LogP contribution in [0.3, 0.4) is 0 Å². The third-order valence-corrected chi connectivity index (χ3v) is 23.1. The molecule has 1 saturated carbocycles. The van der Waals surface area contributed by atoms with Crippen molar-refractivity contribution >= 4 is 15.4 Å². The average Bonchev–Trinajstić information content (AvgIpc) is 3.10. The van der Waals surface area contributed by atoms with Crippen LogP contribution in [0.4, 0.5) is 0 Å². The Morgan fingerprint density at radius 3 is 2.37 bits per heavy atom. The van der Waals surface area contributed by atoms with E-state index < -0.39 is 15.4 Å². The van der Waals surface area contributed by atoms with Gasteiger partial charge < -0.3 is 9.16 Å². The van der Waals surface area contributed by atoms with Crippen LogP contribution in [-0.4, -0.2) is 33.7 Å². The molecule has 2 nitrogen and oxygen atoms in total. The molecule has 0 amide bonds. The van der Waals surface area contributed by atoms with Crippen LogP contribution < -0.4 is 0 Å². The predicted octanol–water partition coefficient (Wildman–Crippen LogP) is 3.97. The normalized spacial score (nSPS) is 45.3. The van der Waals surface area contributed by atoms with Crippen molar-refractivity contribution in [3.8, 4) is 0 Å². The predicted molar refractivity (Wildman–Crippen MR) is 84.4 cm³/mol. The lowest BCUT2D eigenvalue weighted by Gasteiger charge is -2.48. The molecular formula is C15H30O2Si2. The minimum absolute atomic E-state index is 0.544. The van der Waals surface area contributed by atoms with Gasteiger partial charge in [0.15, 0.2) is 7.83 Å². The molecule has 19 heavy (non-hydrogen) atoms. The van der Waals surface area contributed by atoms with E-state index in [-0.39, 0.29) is 0 Å². The molecule has 2 heterocycles. The largest absolute Gasteiger partial charge is 0.417 e. The Morgan fingerprint density at radius 1 is 1.00 bits per heavy atom. The second-order valence-corrected chi connectivity index (χ2v) is 23.4. The minimum Gasteiger partial charge on any atom is -0.417 e. The Hall–Kier alpha value is 0.354. The Labute approximate surface area is 120 Å². The first kappa shape index (κ1) is 14.3. The fourth-order valence-corrected chi connectivity index (χ4v) is 10.7. The maximum absolute atomic E-state index is 6.71. The Kier molecular flexibility index (Phi) is 3.52.